The quantitative estimate of drug-likeness (QED) is 0.638. The van der Waals surface area contributed by atoms with E-state index in [2.05, 4.69) is 15.5 Å². The molecule has 0 aliphatic carbocycles. The van der Waals surface area contributed by atoms with E-state index in [0.29, 0.717) is 53.7 Å². The van der Waals surface area contributed by atoms with Gasteiger partial charge in [-0.05, 0) is 49.2 Å². The van der Waals surface area contributed by atoms with E-state index in [0.717, 1.165) is 5.56 Å². The van der Waals surface area contributed by atoms with Gasteiger partial charge in [-0.15, -0.1) is 10.2 Å². The van der Waals surface area contributed by atoms with Crippen LogP contribution in [0.1, 0.15) is 33.6 Å². The molecule has 1 saturated heterocycles. The first-order valence-electron chi connectivity index (χ1n) is 10.4. The molecule has 1 aliphatic rings. The Morgan fingerprint density at radius 2 is 1.75 bits per heavy atom. The van der Waals surface area contributed by atoms with E-state index >= 15 is 0 Å². The van der Waals surface area contributed by atoms with Gasteiger partial charge in [-0.25, -0.2) is 0 Å². The molecule has 1 aromatic heterocycles. The number of carbonyl (C=O) groups excluding carboxylic acids is 2. The average Bonchev–Trinajstić information content (AvgIpc) is 2.84. The first-order valence-corrected chi connectivity index (χ1v) is 10.7. The summed E-state index contributed by atoms with van der Waals surface area (Å²) in [5, 5.41) is 11.7. The van der Waals surface area contributed by atoms with E-state index in [1.807, 2.05) is 29.2 Å². The normalized spacial score (nSPS) is 14.1. The van der Waals surface area contributed by atoms with Crippen molar-refractivity contribution in [1.29, 1.82) is 0 Å². The van der Waals surface area contributed by atoms with Gasteiger partial charge in [-0.3, -0.25) is 9.59 Å². The van der Waals surface area contributed by atoms with Gasteiger partial charge < -0.3 is 15.0 Å². The van der Waals surface area contributed by atoms with Crippen molar-refractivity contribution in [3.8, 4) is 17.1 Å². The fraction of sp³-hybridized carbons (Fsp3) is 0.250. The third kappa shape index (κ3) is 5.06. The van der Waals surface area contributed by atoms with Gasteiger partial charge >= 0.3 is 0 Å². The Bertz CT molecular complexity index is 1110. The fourth-order valence-electron chi connectivity index (χ4n) is 3.70. The van der Waals surface area contributed by atoms with Crippen molar-refractivity contribution in [2.75, 3.05) is 20.2 Å². The van der Waals surface area contributed by atoms with Crippen molar-refractivity contribution in [2.45, 2.75) is 18.9 Å². The van der Waals surface area contributed by atoms with Crippen LogP contribution < -0.4 is 10.1 Å². The molecule has 0 spiro atoms. The summed E-state index contributed by atoms with van der Waals surface area (Å²) in [6, 6.07) is 17.8. The molecule has 0 atom stereocenters. The van der Waals surface area contributed by atoms with Crippen molar-refractivity contribution in [3.63, 3.8) is 0 Å². The summed E-state index contributed by atoms with van der Waals surface area (Å²) in [4.78, 5) is 27.3. The van der Waals surface area contributed by atoms with Crippen LogP contribution in [0.25, 0.3) is 11.3 Å². The zero-order chi connectivity index (χ0) is 22.5. The van der Waals surface area contributed by atoms with Gasteiger partial charge in [0.05, 0.1) is 12.8 Å². The summed E-state index contributed by atoms with van der Waals surface area (Å²) in [7, 11) is 1.54. The lowest BCUT2D eigenvalue weighted by atomic mass is 10.0. The number of hydrogen-bond donors (Lipinski definition) is 1. The molecule has 32 heavy (non-hydrogen) atoms. The number of benzene rings is 2. The minimum absolute atomic E-state index is 0.0199. The molecule has 0 bridgehead atoms. The Kier molecular flexibility index (Phi) is 6.66. The standard InChI is InChI=1S/C24H23ClN4O3/c1-32-22-9-8-21(27-28-22)16-4-2-6-18(14-16)24(31)29-12-10-20(11-13-29)26-23(30)17-5-3-7-19(25)15-17/h2-9,14-15,20H,10-13H2,1H3,(H,26,30). The Labute approximate surface area is 191 Å². The molecule has 7 nitrogen and oxygen atoms in total. The van der Waals surface area contributed by atoms with Crippen molar-refractivity contribution in [2.24, 2.45) is 0 Å². The number of nitrogens with one attached hydrogen (secondary N) is 1. The van der Waals surface area contributed by atoms with Gasteiger partial charge in [-0.2, -0.15) is 0 Å². The Hall–Kier alpha value is -3.45. The maximum absolute atomic E-state index is 13.0. The van der Waals surface area contributed by atoms with Gasteiger partial charge in [0.25, 0.3) is 11.8 Å². The van der Waals surface area contributed by atoms with E-state index < -0.39 is 0 Å². The highest BCUT2D eigenvalue weighted by molar-refractivity contribution is 6.30. The van der Waals surface area contributed by atoms with E-state index in [-0.39, 0.29) is 17.9 Å². The Balaban J connectivity index is 1.36. The monoisotopic (exact) mass is 450 g/mol. The minimum atomic E-state index is -0.148. The average molecular weight is 451 g/mol. The summed E-state index contributed by atoms with van der Waals surface area (Å²) in [5.41, 5.74) is 2.62. The topological polar surface area (TPSA) is 84.4 Å². The molecule has 4 rings (SSSR count). The number of amides is 2. The smallest absolute Gasteiger partial charge is 0.253 e. The van der Waals surface area contributed by atoms with Crippen molar-refractivity contribution in [3.05, 3.63) is 76.8 Å². The molecule has 1 N–H and O–H groups in total. The van der Waals surface area contributed by atoms with Crippen LogP contribution >= 0.6 is 11.6 Å². The van der Waals surface area contributed by atoms with Crippen LogP contribution in [0.4, 0.5) is 0 Å². The van der Waals surface area contributed by atoms with E-state index in [4.69, 9.17) is 16.3 Å². The minimum Gasteiger partial charge on any atom is -0.480 e. The number of nitrogens with zero attached hydrogens (tertiary/aromatic N) is 3. The summed E-state index contributed by atoms with van der Waals surface area (Å²) in [5.74, 6) is 0.254. The number of hydrogen-bond acceptors (Lipinski definition) is 5. The fourth-order valence-corrected chi connectivity index (χ4v) is 3.89. The van der Waals surface area contributed by atoms with Crippen molar-refractivity contribution in [1.82, 2.24) is 20.4 Å². The van der Waals surface area contributed by atoms with Crippen LogP contribution in [0.3, 0.4) is 0 Å². The third-order valence-corrected chi connectivity index (χ3v) is 5.69. The van der Waals surface area contributed by atoms with Crippen LogP contribution in [0, 0.1) is 0 Å². The third-order valence-electron chi connectivity index (χ3n) is 5.46. The Morgan fingerprint density at radius 3 is 2.44 bits per heavy atom. The number of ether oxygens (including phenoxy) is 1. The number of carbonyl (C=O) groups is 2. The molecule has 164 valence electrons. The second kappa shape index (κ2) is 9.78. The predicted molar refractivity (Wildman–Crippen MR) is 122 cm³/mol. The molecule has 2 aromatic carbocycles. The van der Waals surface area contributed by atoms with E-state index in [1.165, 1.54) is 7.11 Å². The summed E-state index contributed by atoms with van der Waals surface area (Å²) in [6.07, 6.45) is 1.39. The summed E-state index contributed by atoms with van der Waals surface area (Å²) >= 11 is 5.97. The van der Waals surface area contributed by atoms with Gasteiger partial charge in [0, 0.05) is 46.9 Å². The predicted octanol–water partition coefficient (Wildman–Crippen LogP) is 3.84. The Morgan fingerprint density at radius 1 is 1.00 bits per heavy atom. The molecule has 0 unspecified atom stereocenters. The van der Waals surface area contributed by atoms with Crippen LogP contribution in [0.5, 0.6) is 5.88 Å². The molecule has 0 saturated carbocycles. The first-order chi connectivity index (χ1) is 15.5. The molecule has 3 aromatic rings. The first kappa shape index (κ1) is 21.8. The molecule has 2 heterocycles. The highest BCUT2D eigenvalue weighted by Gasteiger charge is 2.25. The zero-order valence-corrected chi connectivity index (χ0v) is 18.4. The molecular formula is C24H23ClN4O3. The molecule has 1 aliphatic heterocycles. The molecule has 1 fully saturated rings. The van der Waals surface area contributed by atoms with Crippen LogP contribution in [-0.2, 0) is 0 Å². The number of halogens is 1. The van der Waals surface area contributed by atoms with Gasteiger partial charge in [0.2, 0.25) is 5.88 Å². The number of likely N-dealkylation sites (tertiary alicyclic amines) is 1. The highest BCUT2D eigenvalue weighted by Crippen LogP contribution is 2.21. The number of methoxy groups -OCH3 is 1. The molecule has 2 amide bonds. The SMILES string of the molecule is COc1ccc(-c2cccc(C(=O)N3CCC(NC(=O)c4cccc(Cl)c4)CC3)c2)nn1. The van der Waals surface area contributed by atoms with Crippen LogP contribution in [0.2, 0.25) is 5.02 Å². The summed E-state index contributed by atoms with van der Waals surface area (Å²) < 4.78 is 5.04. The lowest BCUT2D eigenvalue weighted by Crippen LogP contribution is -2.46. The molecule has 0 radical (unpaired) electrons. The van der Waals surface area contributed by atoms with E-state index in [9.17, 15) is 9.59 Å². The second-order valence-electron chi connectivity index (χ2n) is 7.59. The largest absolute Gasteiger partial charge is 0.480 e. The maximum Gasteiger partial charge on any atom is 0.253 e. The number of aromatic nitrogens is 2. The van der Waals surface area contributed by atoms with Crippen LogP contribution in [0.15, 0.2) is 60.7 Å². The number of piperidine rings is 1. The van der Waals surface area contributed by atoms with Gasteiger partial charge in [0.15, 0.2) is 0 Å². The van der Waals surface area contributed by atoms with Gasteiger partial charge in [-0.1, -0.05) is 29.8 Å². The summed E-state index contributed by atoms with van der Waals surface area (Å²) in [6.45, 7) is 1.15. The van der Waals surface area contributed by atoms with Crippen molar-refractivity contribution < 1.29 is 14.3 Å². The lowest BCUT2D eigenvalue weighted by molar-refractivity contribution is 0.0698. The lowest BCUT2D eigenvalue weighted by Gasteiger charge is -2.32. The highest BCUT2D eigenvalue weighted by atomic mass is 35.5. The maximum atomic E-state index is 13.0. The van der Waals surface area contributed by atoms with E-state index in [1.54, 1.807) is 36.4 Å². The second-order valence-corrected chi connectivity index (χ2v) is 8.03. The van der Waals surface area contributed by atoms with Gasteiger partial charge in [0.1, 0.15) is 0 Å². The molecule has 8 heteroatoms. The van der Waals surface area contributed by atoms with Crippen LogP contribution in [-0.4, -0.2) is 53.2 Å². The molecular weight excluding hydrogens is 428 g/mol. The van der Waals surface area contributed by atoms with Crippen molar-refractivity contribution >= 4 is 23.4 Å². The zero-order valence-electron chi connectivity index (χ0n) is 17.6. The number of rotatable bonds is 5.